The summed E-state index contributed by atoms with van der Waals surface area (Å²) < 4.78 is 5.59. The summed E-state index contributed by atoms with van der Waals surface area (Å²) in [7, 11) is 0. The van der Waals surface area contributed by atoms with Crippen molar-refractivity contribution in [1.82, 2.24) is 4.90 Å². The lowest BCUT2D eigenvalue weighted by molar-refractivity contribution is 0.00584. The van der Waals surface area contributed by atoms with E-state index in [1.54, 1.807) is 0 Å². The van der Waals surface area contributed by atoms with E-state index in [9.17, 15) is 4.79 Å². The van der Waals surface area contributed by atoms with Gasteiger partial charge < -0.3 is 15.4 Å². The predicted molar refractivity (Wildman–Crippen MR) is 87.7 cm³/mol. The van der Waals surface area contributed by atoms with Gasteiger partial charge in [0.2, 0.25) is 0 Å². The van der Waals surface area contributed by atoms with E-state index in [-0.39, 0.29) is 6.09 Å². The number of ether oxygens (including phenoxy) is 1. The highest BCUT2D eigenvalue weighted by atomic mass is 16.6. The molecule has 0 saturated carbocycles. The molecule has 4 nitrogen and oxygen atoms in total. The van der Waals surface area contributed by atoms with Crippen molar-refractivity contribution in [3.8, 4) is 0 Å². The van der Waals surface area contributed by atoms with Crippen LogP contribution < -0.4 is 5.73 Å². The SMILES string of the molecule is CC(C)(C)OC(=O)N1[C@@H]2CC[C@H]1CC(c1cccc(N)c1)C2. The number of amides is 1. The van der Waals surface area contributed by atoms with Crippen molar-refractivity contribution >= 4 is 11.8 Å². The molecule has 1 amide bonds. The summed E-state index contributed by atoms with van der Waals surface area (Å²) in [5, 5.41) is 0. The van der Waals surface area contributed by atoms with Gasteiger partial charge in [0.15, 0.2) is 0 Å². The van der Waals surface area contributed by atoms with E-state index in [0.717, 1.165) is 31.4 Å². The molecule has 0 radical (unpaired) electrons. The largest absolute Gasteiger partial charge is 0.444 e. The molecule has 2 bridgehead atoms. The average Bonchev–Trinajstić information content (AvgIpc) is 2.68. The molecular weight excluding hydrogens is 276 g/mol. The second-order valence-corrected chi connectivity index (χ2v) is 7.61. The summed E-state index contributed by atoms with van der Waals surface area (Å²) in [4.78, 5) is 14.4. The second-order valence-electron chi connectivity index (χ2n) is 7.61. The third-order valence-electron chi connectivity index (χ3n) is 4.72. The van der Waals surface area contributed by atoms with Gasteiger partial charge in [-0.1, -0.05) is 12.1 Å². The Hall–Kier alpha value is -1.71. The zero-order chi connectivity index (χ0) is 15.9. The van der Waals surface area contributed by atoms with Crippen molar-refractivity contribution in [2.75, 3.05) is 5.73 Å². The number of piperidine rings is 1. The van der Waals surface area contributed by atoms with Gasteiger partial charge in [-0.3, -0.25) is 0 Å². The normalized spacial score (nSPS) is 27.8. The number of carbonyl (C=O) groups excluding carboxylic acids is 1. The number of hydrogen-bond acceptors (Lipinski definition) is 3. The number of carbonyl (C=O) groups is 1. The van der Waals surface area contributed by atoms with Gasteiger partial charge in [-0.2, -0.15) is 0 Å². The Morgan fingerprint density at radius 3 is 2.41 bits per heavy atom. The van der Waals surface area contributed by atoms with Gasteiger partial charge in [0.1, 0.15) is 5.60 Å². The minimum Gasteiger partial charge on any atom is -0.444 e. The summed E-state index contributed by atoms with van der Waals surface area (Å²) in [5.41, 5.74) is 7.61. The van der Waals surface area contributed by atoms with Crippen LogP contribution in [0.1, 0.15) is 57.9 Å². The van der Waals surface area contributed by atoms with Gasteiger partial charge in [0, 0.05) is 17.8 Å². The molecule has 2 heterocycles. The Bertz CT molecular complexity index is 550. The lowest BCUT2D eigenvalue weighted by atomic mass is 9.85. The zero-order valence-corrected chi connectivity index (χ0v) is 13.7. The van der Waals surface area contributed by atoms with Crippen molar-refractivity contribution in [1.29, 1.82) is 0 Å². The van der Waals surface area contributed by atoms with Crippen molar-refractivity contribution in [2.24, 2.45) is 0 Å². The topological polar surface area (TPSA) is 55.6 Å². The fourth-order valence-corrected chi connectivity index (χ4v) is 3.87. The van der Waals surface area contributed by atoms with Crippen LogP contribution in [0.15, 0.2) is 24.3 Å². The van der Waals surface area contributed by atoms with Gasteiger partial charge in [0.05, 0.1) is 0 Å². The molecule has 2 aliphatic heterocycles. The molecule has 1 unspecified atom stereocenters. The number of fused-ring (bicyclic) bond motifs is 2. The maximum absolute atomic E-state index is 12.5. The molecule has 4 heteroatoms. The summed E-state index contributed by atoms with van der Waals surface area (Å²) in [6, 6.07) is 8.79. The molecule has 1 aromatic carbocycles. The first-order valence-electron chi connectivity index (χ1n) is 8.20. The maximum atomic E-state index is 12.5. The number of benzene rings is 1. The molecule has 3 rings (SSSR count). The highest BCUT2D eigenvalue weighted by Gasteiger charge is 2.45. The van der Waals surface area contributed by atoms with Crippen LogP contribution in [-0.2, 0) is 4.74 Å². The Balaban J connectivity index is 1.73. The summed E-state index contributed by atoms with van der Waals surface area (Å²) >= 11 is 0. The molecule has 2 fully saturated rings. The molecule has 120 valence electrons. The van der Waals surface area contributed by atoms with Crippen molar-refractivity contribution < 1.29 is 9.53 Å². The van der Waals surface area contributed by atoms with Crippen LogP contribution in [0, 0.1) is 0 Å². The van der Waals surface area contributed by atoms with Gasteiger partial charge in [-0.05, 0) is 70.1 Å². The highest BCUT2D eigenvalue weighted by molar-refractivity contribution is 5.69. The van der Waals surface area contributed by atoms with E-state index in [0.29, 0.717) is 18.0 Å². The van der Waals surface area contributed by atoms with Crippen LogP contribution in [0.4, 0.5) is 10.5 Å². The van der Waals surface area contributed by atoms with Crippen LogP contribution in [0.2, 0.25) is 0 Å². The average molecular weight is 302 g/mol. The van der Waals surface area contributed by atoms with Crippen LogP contribution in [-0.4, -0.2) is 28.7 Å². The van der Waals surface area contributed by atoms with E-state index >= 15 is 0 Å². The highest BCUT2D eigenvalue weighted by Crippen LogP contribution is 2.43. The Morgan fingerprint density at radius 1 is 1.23 bits per heavy atom. The first-order chi connectivity index (χ1) is 10.3. The third kappa shape index (κ3) is 3.06. The molecule has 0 spiro atoms. The number of nitrogens with two attached hydrogens (primary N) is 1. The molecule has 2 aliphatic rings. The van der Waals surface area contributed by atoms with Crippen LogP contribution >= 0.6 is 0 Å². The van der Waals surface area contributed by atoms with Gasteiger partial charge in [0.25, 0.3) is 0 Å². The number of hydrogen-bond donors (Lipinski definition) is 1. The summed E-state index contributed by atoms with van der Waals surface area (Å²) in [5.74, 6) is 0.500. The lowest BCUT2D eigenvalue weighted by Crippen LogP contribution is -2.48. The molecule has 2 saturated heterocycles. The zero-order valence-electron chi connectivity index (χ0n) is 13.7. The molecule has 0 aromatic heterocycles. The summed E-state index contributed by atoms with van der Waals surface area (Å²) in [6.45, 7) is 5.77. The van der Waals surface area contributed by atoms with Gasteiger partial charge >= 0.3 is 6.09 Å². The van der Waals surface area contributed by atoms with Crippen LogP contribution in [0.5, 0.6) is 0 Å². The fraction of sp³-hybridized carbons (Fsp3) is 0.611. The minimum atomic E-state index is -0.429. The fourth-order valence-electron chi connectivity index (χ4n) is 3.87. The smallest absolute Gasteiger partial charge is 0.410 e. The van der Waals surface area contributed by atoms with Gasteiger partial charge in [-0.25, -0.2) is 4.79 Å². The monoisotopic (exact) mass is 302 g/mol. The first kappa shape index (κ1) is 15.2. The predicted octanol–water partition coefficient (Wildman–Crippen LogP) is 3.91. The number of nitrogen functional groups attached to an aromatic ring is 1. The summed E-state index contributed by atoms with van der Waals surface area (Å²) in [6.07, 6.45) is 4.05. The number of nitrogens with zero attached hydrogens (tertiary/aromatic N) is 1. The lowest BCUT2D eigenvalue weighted by Gasteiger charge is -2.39. The maximum Gasteiger partial charge on any atom is 0.410 e. The van der Waals surface area contributed by atoms with E-state index < -0.39 is 5.60 Å². The minimum absolute atomic E-state index is 0.147. The molecule has 2 N–H and O–H groups in total. The van der Waals surface area contributed by atoms with E-state index in [1.807, 2.05) is 37.8 Å². The Kier molecular flexibility index (Phi) is 3.79. The van der Waals surface area contributed by atoms with Crippen LogP contribution in [0.25, 0.3) is 0 Å². The third-order valence-corrected chi connectivity index (χ3v) is 4.72. The standard InChI is InChI=1S/C18H26N2O2/c1-18(2,3)22-17(21)20-15-7-8-16(20)11-13(10-15)12-5-4-6-14(19)9-12/h4-6,9,13,15-16H,7-8,10-11,19H2,1-3H3/t13?,15-,16+. The first-order valence-corrected chi connectivity index (χ1v) is 8.20. The number of rotatable bonds is 1. The molecule has 22 heavy (non-hydrogen) atoms. The van der Waals surface area contributed by atoms with Crippen molar-refractivity contribution in [3.05, 3.63) is 29.8 Å². The van der Waals surface area contributed by atoms with Crippen molar-refractivity contribution in [2.45, 2.75) is 70.1 Å². The number of anilines is 1. The second kappa shape index (κ2) is 5.49. The van der Waals surface area contributed by atoms with E-state index in [1.165, 1.54) is 5.56 Å². The molecule has 1 aromatic rings. The van der Waals surface area contributed by atoms with E-state index in [2.05, 4.69) is 12.1 Å². The molecule has 3 atom stereocenters. The van der Waals surface area contributed by atoms with Gasteiger partial charge in [-0.15, -0.1) is 0 Å². The Morgan fingerprint density at radius 2 is 1.86 bits per heavy atom. The quantitative estimate of drug-likeness (QED) is 0.800. The van der Waals surface area contributed by atoms with Crippen LogP contribution in [0.3, 0.4) is 0 Å². The molecule has 0 aliphatic carbocycles. The van der Waals surface area contributed by atoms with E-state index in [4.69, 9.17) is 10.5 Å². The van der Waals surface area contributed by atoms with Crippen molar-refractivity contribution in [3.63, 3.8) is 0 Å². The Labute approximate surface area is 132 Å². The molecular formula is C18H26N2O2.